The topological polar surface area (TPSA) is 66.8 Å². The molecule has 0 heterocycles. The highest BCUT2D eigenvalue weighted by atomic mass is 16.5. The average Bonchev–Trinajstić information content (AvgIpc) is 2.55. The fraction of sp³-hybridized carbons (Fsp3) is 0.857. The molecule has 3 rings (SSSR count). The molecule has 25 heavy (non-hydrogen) atoms. The van der Waals surface area contributed by atoms with Crippen molar-refractivity contribution in [1.82, 2.24) is 0 Å². The molecular weight excluding hydrogens is 316 g/mol. The molecule has 0 radical (unpaired) electrons. The first-order valence-electron chi connectivity index (χ1n) is 9.80. The monoisotopic (exact) mass is 350 g/mol. The third kappa shape index (κ3) is 2.51. The summed E-state index contributed by atoms with van der Waals surface area (Å²) in [6, 6.07) is 0. The number of ether oxygens (including phenoxy) is 1. The molecule has 3 aliphatic rings. The minimum Gasteiger partial charge on any atom is -0.469 e. The molecule has 4 heteroatoms. The molecule has 0 spiro atoms. The summed E-state index contributed by atoms with van der Waals surface area (Å²) < 4.78 is 5.15. The maximum Gasteiger partial charge on any atom is 0.311 e. The van der Waals surface area contributed by atoms with Gasteiger partial charge in [-0.2, -0.15) is 0 Å². The average molecular weight is 350 g/mol. The maximum absolute atomic E-state index is 12.6. The summed E-state index contributed by atoms with van der Waals surface area (Å²) in [6.07, 6.45) is 6.25. The van der Waals surface area contributed by atoms with Gasteiger partial charge in [0, 0.05) is 0 Å². The predicted molar refractivity (Wildman–Crippen MR) is 96.8 cm³/mol. The van der Waals surface area contributed by atoms with Crippen LogP contribution >= 0.6 is 0 Å². The second kappa shape index (κ2) is 6.09. The number of carbonyl (C=O) groups is 1. The zero-order valence-corrected chi connectivity index (χ0v) is 16.3. The normalized spacial score (nSPS) is 46.9. The van der Waals surface area contributed by atoms with Gasteiger partial charge in [-0.3, -0.25) is 4.79 Å². The molecule has 3 aliphatic carbocycles. The van der Waals surface area contributed by atoms with Crippen LogP contribution in [0.4, 0.5) is 0 Å². The molecule has 142 valence electrons. The number of hydrogen-bond donors (Lipinski definition) is 2. The van der Waals surface area contributed by atoms with Crippen LogP contribution in [0.2, 0.25) is 0 Å². The van der Waals surface area contributed by atoms with Crippen molar-refractivity contribution in [1.29, 1.82) is 0 Å². The first kappa shape index (κ1) is 18.9. The Bertz CT molecular complexity index is 582. The van der Waals surface area contributed by atoms with E-state index in [4.69, 9.17) is 4.74 Å². The molecule has 2 fully saturated rings. The number of aliphatic hydroxyl groups is 2. The predicted octanol–water partition coefficient (Wildman–Crippen LogP) is 3.46. The minimum absolute atomic E-state index is 0.0134. The standard InChI is InChI=1S/C21H34O4/c1-13(2)14-7-8-16-19(3)10-6-11-20(4,18(23)25-5)15(19)9-12-21(16,24)17(14)22/h7,13,15-17,22,24H,6,8-12H2,1-5H3/t15-,16-,17-,19-,20-,21-/m1/s1. The number of methoxy groups -OCH3 is 1. The van der Waals surface area contributed by atoms with Crippen LogP contribution in [0.15, 0.2) is 11.6 Å². The van der Waals surface area contributed by atoms with Gasteiger partial charge in [0.1, 0.15) is 6.10 Å². The molecule has 4 nitrogen and oxygen atoms in total. The van der Waals surface area contributed by atoms with Crippen LogP contribution in [-0.2, 0) is 9.53 Å². The van der Waals surface area contributed by atoms with E-state index in [1.807, 2.05) is 6.92 Å². The van der Waals surface area contributed by atoms with Gasteiger partial charge in [-0.25, -0.2) is 0 Å². The van der Waals surface area contributed by atoms with Crippen molar-refractivity contribution in [2.75, 3.05) is 7.11 Å². The Hall–Kier alpha value is -0.870. The van der Waals surface area contributed by atoms with E-state index >= 15 is 0 Å². The Morgan fingerprint density at radius 2 is 1.92 bits per heavy atom. The van der Waals surface area contributed by atoms with Gasteiger partial charge in [0.2, 0.25) is 0 Å². The van der Waals surface area contributed by atoms with Crippen molar-refractivity contribution in [2.24, 2.45) is 28.6 Å². The number of allylic oxidation sites excluding steroid dienone is 1. The SMILES string of the molecule is COC(=O)[C@]1(C)CCC[C@@]2(C)[C@H]3CC=C(C(C)C)[C@@H](O)[C@@]3(O)CC[C@H]21. The van der Waals surface area contributed by atoms with E-state index in [-0.39, 0.29) is 29.1 Å². The van der Waals surface area contributed by atoms with Gasteiger partial charge in [-0.05, 0) is 67.8 Å². The van der Waals surface area contributed by atoms with Crippen LogP contribution in [0.25, 0.3) is 0 Å². The lowest BCUT2D eigenvalue weighted by Crippen LogP contribution is -2.65. The lowest BCUT2D eigenvalue weighted by molar-refractivity contribution is -0.218. The number of esters is 1. The number of fused-ring (bicyclic) bond motifs is 3. The minimum atomic E-state index is -1.08. The largest absolute Gasteiger partial charge is 0.469 e. The van der Waals surface area contributed by atoms with E-state index in [2.05, 4.69) is 26.8 Å². The van der Waals surface area contributed by atoms with Crippen LogP contribution in [-0.4, -0.2) is 35.0 Å². The van der Waals surface area contributed by atoms with Gasteiger partial charge in [0.05, 0.1) is 18.1 Å². The summed E-state index contributed by atoms with van der Waals surface area (Å²) in [6.45, 7) is 8.41. The van der Waals surface area contributed by atoms with Crippen molar-refractivity contribution < 1.29 is 19.7 Å². The Labute approximate surface area is 151 Å². The summed E-state index contributed by atoms with van der Waals surface area (Å²) >= 11 is 0. The molecular formula is C21H34O4. The highest BCUT2D eigenvalue weighted by Crippen LogP contribution is 2.65. The number of hydrogen-bond acceptors (Lipinski definition) is 4. The van der Waals surface area contributed by atoms with Crippen LogP contribution in [0.3, 0.4) is 0 Å². The lowest BCUT2D eigenvalue weighted by atomic mass is 9.43. The molecule has 0 aromatic rings. The summed E-state index contributed by atoms with van der Waals surface area (Å²) in [5.74, 6) is 0.286. The second-order valence-electron chi connectivity index (χ2n) is 9.40. The third-order valence-corrected chi connectivity index (χ3v) is 7.91. The van der Waals surface area contributed by atoms with E-state index in [1.165, 1.54) is 7.11 Å². The highest BCUT2D eigenvalue weighted by Gasteiger charge is 2.64. The van der Waals surface area contributed by atoms with Crippen LogP contribution in [0.1, 0.15) is 66.2 Å². The third-order valence-electron chi connectivity index (χ3n) is 7.91. The molecule has 0 aromatic carbocycles. The van der Waals surface area contributed by atoms with Crippen molar-refractivity contribution in [3.05, 3.63) is 11.6 Å². The smallest absolute Gasteiger partial charge is 0.311 e. The highest BCUT2D eigenvalue weighted by molar-refractivity contribution is 5.77. The molecule has 0 bridgehead atoms. The molecule has 2 N–H and O–H groups in total. The second-order valence-corrected chi connectivity index (χ2v) is 9.40. The van der Waals surface area contributed by atoms with E-state index in [9.17, 15) is 15.0 Å². The summed E-state index contributed by atoms with van der Waals surface area (Å²) in [4.78, 5) is 12.6. The molecule has 0 unspecified atom stereocenters. The quantitative estimate of drug-likeness (QED) is 0.591. The van der Waals surface area contributed by atoms with Crippen LogP contribution < -0.4 is 0 Å². The molecule has 0 amide bonds. The van der Waals surface area contributed by atoms with Gasteiger partial charge in [-0.1, -0.05) is 33.3 Å². The molecule has 0 aliphatic heterocycles. The Morgan fingerprint density at radius 3 is 2.52 bits per heavy atom. The van der Waals surface area contributed by atoms with Crippen molar-refractivity contribution >= 4 is 5.97 Å². The first-order valence-corrected chi connectivity index (χ1v) is 9.80. The Kier molecular flexibility index (Phi) is 4.61. The summed E-state index contributed by atoms with van der Waals surface area (Å²) in [5, 5.41) is 22.5. The molecule has 0 aromatic heterocycles. The zero-order chi connectivity index (χ0) is 18.6. The number of carbonyl (C=O) groups excluding carboxylic acids is 1. The van der Waals surface area contributed by atoms with E-state index in [0.29, 0.717) is 6.42 Å². The lowest BCUT2D eigenvalue weighted by Gasteiger charge is -2.63. The van der Waals surface area contributed by atoms with E-state index in [0.717, 1.165) is 37.7 Å². The van der Waals surface area contributed by atoms with Crippen molar-refractivity contribution in [2.45, 2.75) is 77.9 Å². The summed E-state index contributed by atoms with van der Waals surface area (Å²) in [7, 11) is 1.47. The molecule has 2 saturated carbocycles. The van der Waals surface area contributed by atoms with Crippen molar-refractivity contribution in [3.8, 4) is 0 Å². The summed E-state index contributed by atoms with van der Waals surface area (Å²) in [5.41, 5.74) is -0.759. The van der Waals surface area contributed by atoms with E-state index < -0.39 is 17.1 Å². The van der Waals surface area contributed by atoms with Crippen LogP contribution in [0.5, 0.6) is 0 Å². The fourth-order valence-electron chi connectivity index (χ4n) is 6.58. The first-order chi connectivity index (χ1) is 11.6. The zero-order valence-electron chi connectivity index (χ0n) is 16.3. The van der Waals surface area contributed by atoms with Gasteiger partial charge in [-0.15, -0.1) is 0 Å². The van der Waals surface area contributed by atoms with Crippen molar-refractivity contribution in [3.63, 3.8) is 0 Å². The number of aliphatic hydroxyl groups excluding tert-OH is 1. The number of rotatable bonds is 2. The van der Waals surface area contributed by atoms with Crippen LogP contribution in [0, 0.1) is 28.6 Å². The molecule has 0 saturated heterocycles. The Balaban J connectivity index is 2.02. The van der Waals surface area contributed by atoms with Gasteiger partial charge in [0.25, 0.3) is 0 Å². The van der Waals surface area contributed by atoms with Gasteiger partial charge in [0.15, 0.2) is 0 Å². The fourth-order valence-corrected chi connectivity index (χ4v) is 6.58. The van der Waals surface area contributed by atoms with Gasteiger partial charge >= 0.3 is 5.97 Å². The molecule has 6 atom stereocenters. The maximum atomic E-state index is 12.6. The Morgan fingerprint density at radius 1 is 1.24 bits per heavy atom. The van der Waals surface area contributed by atoms with E-state index in [1.54, 1.807) is 0 Å². The van der Waals surface area contributed by atoms with Gasteiger partial charge < -0.3 is 14.9 Å².